The molecule has 25 heavy (non-hydrogen) atoms. The summed E-state index contributed by atoms with van der Waals surface area (Å²) in [6, 6.07) is 6.18. The van der Waals surface area contributed by atoms with Gasteiger partial charge < -0.3 is 10.6 Å². The molecule has 3 N–H and O–H groups in total. The van der Waals surface area contributed by atoms with E-state index in [-0.39, 0.29) is 23.0 Å². The third kappa shape index (κ3) is 5.42. The molecule has 0 saturated carbocycles. The molecule has 2 aromatic rings. The second-order valence-electron chi connectivity index (χ2n) is 4.80. The number of hydrogen-bond acceptors (Lipinski definition) is 5. The molecule has 2 rings (SSSR count). The summed E-state index contributed by atoms with van der Waals surface area (Å²) in [5.74, 6) is -0.568. The van der Waals surface area contributed by atoms with Crippen molar-refractivity contribution < 1.29 is 17.6 Å². The molecule has 0 spiro atoms. The van der Waals surface area contributed by atoms with E-state index in [2.05, 4.69) is 20.7 Å². The zero-order valence-electron chi connectivity index (χ0n) is 12.5. The average Bonchev–Trinajstić information content (AvgIpc) is 2.57. The van der Waals surface area contributed by atoms with Crippen LogP contribution in [0.3, 0.4) is 0 Å². The lowest BCUT2D eigenvalue weighted by Crippen LogP contribution is -2.10. The zero-order chi connectivity index (χ0) is 18.4. The van der Waals surface area contributed by atoms with Gasteiger partial charge in [0.15, 0.2) is 0 Å². The summed E-state index contributed by atoms with van der Waals surface area (Å²) < 4.78 is 50.9. The molecular formula is C15H12ClF4N5. The maximum Gasteiger partial charge on any atom is 0.433 e. The third-order valence-corrected chi connectivity index (χ3v) is 3.28. The normalized spacial score (nSPS) is 12.0. The van der Waals surface area contributed by atoms with Gasteiger partial charge in [-0.25, -0.2) is 9.92 Å². The zero-order valence-corrected chi connectivity index (χ0v) is 13.3. The van der Waals surface area contributed by atoms with Crippen LogP contribution in [0.2, 0.25) is 5.02 Å². The maximum atomic E-state index is 13.1. The number of anilines is 2. The molecule has 0 aliphatic heterocycles. The van der Waals surface area contributed by atoms with Gasteiger partial charge in [-0.3, -0.25) is 4.98 Å². The Morgan fingerprint density at radius 2 is 2.00 bits per heavy atom. The van der Waals surface area contributed by atoms with Gasteiger partial charge in [-0.2, -0.15) is 18.3 Å². The topological polar surface area (TPSA) is 73.2 Å². The highest BCUT2D eigenvalue weighted by molar-refractivity contribution is 6.31. The van der Waals surface area contributed by atoms with Gasteiger partial charge in [0.05, 0.1) is 17.3 Å². The van der Waals surface area contributed by atoms with Crippen LogP contribution in [0, 0.1) is 11.3 Å². The minimum absolute atomic E-state index is 0.00721. The van der Waals surface area contributed by atoms with Gasteiger partial charge in [0, 0.05) is 23.8 Å². The molecule has 0 fully saturated rings. The van der Waals surface area contributed by atoms with Crippen molar-refractivity contribution in [2.45, 2.75) is 6.18 Å². The van der Waals surface area contributed by atoms with Crippen LogP contribution < -0.4 is 10.6 Å². The number of pyridine rings is 1. The Labute approximate surface area is 145 Å². The molecule has 0 amide bonds. The van der Waals surface area contributed by atoms with Crippen molar-refractivity contribution in [3.63, 3.8) is 0 Å². The van der Waals surface area contributed by atoms with Crippen LogP contribution in [0.5, 0.6) is 0 Å². The molecule has 132 valence electrons. The molecule has 0 aliphatic rings. The number of benzene rings is 1. The Morgan fingerprint density at radius 1 is 1.24 bits per heavy atom. The molecule has 10 heteroatoms. The third-order valence-electron chi connectivity index (χ3n) is 2.99. The molecule has 1 aromatic carbocycles. The van der Waals surface area contributed by atoms with Gasteiger partial charge in [0.25, 0.3) is 0 Å². The van der Waals surface area contributed by atoms with Crippen LogP contribution >= 0.6 is 11.6 Å². The monoisotopic (exact) mass is 373 g/mol. The van der Waals surface area contributed by atoms with Crippen molar-refractivity contribution in [3.8, 4) is 0 Å². The number of halogens is 5. The molecule has 0 saturated heterocycles. The number of aromatic nitrogens is 1. The lowest BCUT2D eigenvalue weighted by atomic mass is 10.3. The van der Waals surface area contributed by atoms with Crippen molar-refractivity contribution in [3.05, 3.63) is 65.0 Å². The number of rotatable bonds is 6. The minimum Gasteiger partial charge on any atom is -0.379 e. The molecule has 0 atom stereocenters. The van der Waals surface area contributed by atoms with Crippen LogP contribution in [0.15, 0.2) is 53.5 Å². The largest absolute Gasteiger partial charge is 0.433 e. The first-order valence-corrected chi connectivity index (χ1v) is 7.22. The van der Waals surface area contributed by atoms with Crippen LogP contribution in [0.25, 0.3) is 0 Å². The quantitative estimate of drug-likeness (QED) is 0.476. The van der Waals surface area contributed by atoms with E-state index in [0.717, 1.165) is 12.3 Å². The number of nitrogens with zero attached hydrogens (tertiary/aromatic N) is 2. The van der Waals surface area contributed by atoms with Crippen LogP contribution in [-0.2, 0) is 6.18 Å². The van der Waals surface area contributed by atoms with Gasteiger partial charge in [0.1, 0.15) is 11.5 Å². The number of hydrogen-bond donors (Lipinski definition) is 3. The fraction of sp³-hybridized carbons (Fsp3) is 0.133. The van der Waals surface area contributed by atoms with Crippen molar-refractivity contribution in [2.75, 3.05) is 17.2 Å². The highest BCUT2D eigenvalue weighted by Gasteiger charge is 2.32. The second-order valence-corrected chi connectivity index (χ2v) is 5.21. The van der Waals surface area contributed by atoms with E-state index < -0.39 is 17.7 Å². The summed E-state index contributed by atoms with van der Waals surface area (Å²) in [5.41, 5.74) is 6.93. The van der Waals surface area contributed by atoms with E-state index in [9.17, 15) is 17.6 Å². The fourth-order valence-corrected chi connectivity index (χ4v) is 1.94. The SMILES string of the molecule is N=N/C(=C\Nc1ccc(F)c(Cl)c1)CNc1ccnc(C(F)(F)F)c1. The predicted molar refractivity (Wildman–Crippen MR) is 86.0 cm³/mol. The average molecular weight is 374 g/mol. The van der Waals surface area contributed by atoms with E-state index in [1.54, 1.807) is 0 Å². The highest BCUT2D eigenvalue weighted by Crippen LogP contribution is 2.28. The van der Waals surface area contributed by atoms with E-state index in [4.69, 9.17) is 17.1 Å². The Balaban J connectivity index is 2.02. The van der Waals surface area contributed by atoms with Crippen LogP contribution in [0.1, 0.15) is 5.69 Å². The summed E-state index contributed by atoms with van der Waals surface area (Å²) in [7, 11) is 0. The smallest absolute Gasteiger partial charge is 0.379 e. The molecule has 0 aliphatic carbocycles. The lowest BCUT2D eigenvalue weighted by Gasteiger charge is -2.10. The van der Waals surface area contributed by atoms with Gasteiger partial charge in [0.2, 0.25) is 0 Å². The van der Waals surface area contributed by atoms with Gasteiger partial charge in [-0.1, -0.05) is 11.6 Å². The summed E-state index contributed by atoms with van der Waals surface area (Å²) in [4.78, 5) is 3.25. The maximum absolute atomic E-state index is 13.1. The van der Waals surface area contributed by atoms with Gasteiger partial charge in [-0.05, 0) is 30.3 Å². The van der Waals surface area contributed by atoms with Crippen molar-refractivity contribution in [1.82, 2.24) is 4.98 Å². The molecule has 0 unspecified atom stereocenters. The Bertz CT molecular complexity index is 792. The standard InChI is InChI=1S/C15H12ClF4N5/c16-12-5-9(1-2-13(12)17)23-7-11(25-21)8-24-10-3-4-22-14(6-10)15(18,19)20/h1-7,21,23H,8H2,(H,22,24)/b11-7-,25-21?. The number of nitrogens with one attached hydrogen (secondary N) is 3. The van der Waals surface area contributed by atoms with Crippen LogP contribution in [-0.4, -0.2) is 11.5 Å². The lowest BCUT2D eigenvalue weighted by molar-refractivity contribution is -0.141. The Hall–Kier alpha value is -2.68. The molecule has 1 heterocycles. The van der Waals surface area contributed by atoms with E-state index >= 15 is 0 Å². The first-order valence-electron chi connectivity index (χ1n) is 6.85. The first-order chi connectivity index (χ1) is 11.8. The molecule has 0 radical (unpaired) electrons. The van der Waals surface area contributed by atoms with E-state index in [1.165, 1.54) is 30.5 Å². The van der Waals surface area contributed by atoms with E-state index in [1.807, 2.05) is 0 Å². The predicted octanol–water partition coefficient (Wildman–Crippen LogP) is 5.29. The highest BCUT2D eigenvalue weighted by atomic mass is 35.5. The summed E-state index contributed by atoms with van der Waals surface area (Å²) in [5, 5.41) is 8.69. The van der Waals surface area contributed by atoms with E-state index in [0.29, 0.717) is 5.69 Å². The number of alkyl halides is 3. The second kappa shape index (κ2) is 7.93. The first kappa shape index (κ1) is 18.7. The summed E-state index contributed by atoms with van der Waals surface area (Å²) in [6.07, 6.45) is -2.15. The summed E-state index contributed by atoms with van der Waals surface area (Å²) >= 11 is 5.65. The fourth-order valence-electron chi connectivity index (χ4n) is 1.76. The summed E-state index contributed by atoms with van der Waals surface area (Å²) in [6.45, 7) is -0.00721. The van der Waals surface area contributed by atoms with Gasteiger partial charge >= 0.3 is 6.18 Å². The van der Waals surface area contributed by atoms with Crippen molar-refractivity contribution >= 4 is 23.0 Å². The minimum atomic E-state index is -4.54. The van der Waals surface area contributed by atoms with Crippen molar-refractivity contribution in [1.29, 1.82) is 5.53 Å². The Kier molecular flexibility index (Phi) is 5.92. The van der Waals surface area contributed by atoms with Crippen LogP contribution in [0.4, 0.5) is 28.9 Å². The molecule has 0 bridgehead atoms. The molecule has 1 aromatic heterocycles. The Morgan fingerprint density at radius 3 is 2.64 bits per heavy atom. The van der Waals surface area contributed by atoms with Crippen molar-refractivity contribution in [2.24, 2.45) is 5.11 Å². The molecular weight excluding hydrogens is 362 g/mol. The van der Waals surface area contributed by atoms with Gasteiger partial charge in [-0.15, -0.1) is 0 Å². The molecule has 5 nitrogen and oxygen atoms in total.